The maximum Gasteiger partial charge on any atom is 0.238 e. The van der Waals surface area contributed by atoms with Gasteiger partial charge in [0.1, 0.15) is 5.82 Å². The molecule has 156 valence electrons. The van der Waals surface area contributed by atoms with Gasteiger partial charge < -0.3 is 9.80 Å². The Morgan fingerprint density at radius 2 is 1.66 bits per heavy atom. The molecule has 1 aromatic carbocycles. The first kappa shape index (κ1) is 22.3. The highest BCUT2D eigenvalue weighted by atomic mass is 16.2. The smallest absolute Gasteiger partial charge is 0.238 e. The van der Waals surface area contributed by atoms with Crippen LogP contribution in [0.25, 0.3) is 0 Å². The molecule has 8 heteroatoms. The molecule has 0 bridgehead atoms. The van der Waals surface area contributed by atoms with Crippen LogP contribution in [-0.4, -0.2) is 52.9 Å². The number of nitrogens with two attached hydrogens (primary N) is 1. The van der Waals surface area contributed by atoms with Gasteiger partial charge in [-0.1, -0.05) is 31.7 Å². The Hall–Kier alpha value is -3.00. The first-order chi connectivity index (χ1) is 13.5. The maximum absolute atomic E-state index is 11.4. The molecule has 1 aromatic heterocycles. The molecule has 29 heavy (non-hydrogen) atoms. The molecule has 0 radical (unpaired) electrons. The van der Waals surface area contributed by atoms with E-state index in [4.69, 9.17) is 5.84 Å². The molecular formula is C21H30N6O2. The minimum atomic E-state index is -0.203. The number of hydrogen-bond acceptors (Lipinski definition) is 6. The van der Waals surface area contributed by atoms with E-state index in [2.05, 4.69) is 20.3 Å². The summed E-state index contributed by atoms with van der Waals surface area (Å²) in [5.74, 6) is 5.88. The molecule has 2 heterocycles. The van der Waals surface area contributed by atoms with Gasteiger partial charge in [0.05, 0.1) is 24.5 Å². The van der Waals surface area contributed by atoms with Gasteiger partial charge in [-0.3, -0.25) is 20.0 Å². The SMILES string of the molecule is C.CC(=O)N1CCN(c2cnc(CCc3ccc(CC(=O)NN)cc3)cn2)CC1. The zero-order valence-corrected chi connectivity index (χ0v) is 16.1. The summed E-state index contributed by atoms with van der Waals surface area (Å²) in [6.07, 6.45) is 5.58. The second-order valence-corrected chi connectivity index (χ2v) is 6.92. The molecule has 2 aromatic rings. The highest BCUT2D eigenvalue weighted by molar-refractivity contribution is 5.77. The number of carbonyl (C=O) groups excluding carboxylic acids is 2. The van der Waals surface area contributed by atoms with Gasteiger partial charge in [-0.05, 0) is 24.0 Å². The minimum Gasteiger partial charge on any atom is -0.352 e. The molecule has 0 atom stereocenters. The summed E-state index contributed by atoms with van der Waals surface area (Å²) in [6.45, 7) is 4.61. The van der Waals surface area contributed by atoms with Crippen molar-refractivity contribution in [3.63, 3.8) is 0 Å². The topological polar surface area (TPSA) is 104 Å². The Bertz CT molecular complexity index is 799. The number of hydrazine groups is 1. The van der Waals surface area contributed by atoms with Gasteiger partial charge in [-0.15, -0.1) is 0 Å². The third kappa shape index (κ3) is 6.25. The molecule has 8 nitrogen and oxygen atoms in total. The molecule has 1 aliphatic rings. The lowest BCUT2D eigenvalue weighted by Crippen LogP contribution is -2.48. The number of amides is 2. The number of hydrogen-bond donors (Lipinski definition) is 2. The summed E-state index contributed by atoms with van der Waals surface area (Å²) in [7, 11) is 0. The van der Waals surface area contributed by atoms with E-state index in [1.807, 2.05) is 41.6 Å². The van der Waals surface area contributed by atoms with Crippen molar-refractivity contribution in [3.05, 3.63) is 53.5 Å². The highest BCUT2D eigenvalue weighted by Gasteiger charge is 2.19. The number of anilines is 1. The number of carbonyl (C=O) groups is 2. The van der Waals surface area contributed by atoms with Crippen LogP contribution in [-0.2, 0) is 28.9 Å². The average molecular weight is 399 g/mol. The van der Waals surface area contributed by atoms with E-state index in [0.717, 1.165) is 56.1 Å². The van der Waals surface area contributed by atoms with Crippen molar-refractivity contribution >= 4 is 17.6 Å². The van der Waals surface area contributed by atoms with Crippen molar-refractivity contribution in [1.29, 1.82) is 0 Å². The van der Waals surface area contributed by atoms with Crippen molar-refractivity contribution < 1.29 is 9.59 Å². The second kappa shape index (κ2) is 10.5. The van der Waals surface area contributed by atoms with Gasteiger partial charge in [0.15, 0.2) is 0 Å². The summed E-state index contributed by atoms with van der Waals surface area (Å²) in [6, 6.07) is 7.94. The van der Waals surface area contributed by atoms with E-state index < -0.39 is 0 Å². The van der Waals surface area contributed by atoms with Crippen LogP contribution in [0.4, 0.5) is 5.82 Å². The maximum atomic E-state index is 11.4. The van der Waals surface area contributed by atoms with Crippen molar-refractivity contribution in [1.82, 2.24) is 20.3 Å². The number of aryl methyl sites for hydroxylation is 2. The second-order valence-electron chi connectivity index (χ2n) is 6.92. The summed E-state index contributed by atoms with van der Waals surface area (Å²) in [5.41, 5.74) is 5.19. The van der Waals surface area contributed by atoms with E-state index in [-0.39, 0.29) is 25.7 Å². The molecule has 0 spiro atoms. The van der Waals surface area contributed by atoms with Gasteiger partial charge in [-0.25, -0.2) is 10.8 Å². The first-order valence-electron chi connectivity index (χ1n) is 9.44. The predicted molar refractivity (Wildman–Crippen MR) is 113 cm³/mol. The fourth-order valence-corrected chi connectivity index (χ4v) is 3.22. The number of rotatable bonds is 6. The average Bonchev–Trinajstić information content (AvgIpc) is 2.73. The molecule has 0 saturated carbocycles. The highest BCUT2D eigenvalue weighted by Crippen LogP contribution is 2.14. The number of piperazine rings is 1. The van der Waals surface area contributed by atoms with E-state index >= 15 is 0 Å². The van der Waals surface area contributed by atoms with Crippen molar-refractivity contribution in [2.75, 3.05) is 31.1 Å². The predicted octanol–water partition coefficient (Wildman–Crippen LogP) is 1.10. The van der Waals surface area contributed by atoms with E-state index in [1.54, 1.807) is 6.92 Å². The molecule has 3 N–H and O–H groups in total. The third-order valence-corrected chi connectivity index (χ3v) is 4.96. The Kier molecular flexibility index (Phi) is 8.09. The van der Waals surface area contributed by atoms with Crippen LogP contribution in [0.15, 0.2) is 36.7 Å². The van der Waals surface area contributed by atoms with Crippen LogP contribution < -0.4 is 16.2 Å². The molecule has 3 rings (SSSR count). The molecule has 0 aliphatic carbocycles. The van der Waals surface area contributed by atoms with Gasteiger partial charge in [0.2, 0.25) is 11.8 Å². The Morgan fingerprint density at radius 1 is 1.00 bits per heavy atom. The summed E-state index contributed by atoms with van der Waals surface area (Å²) in [5, 5.41) is 0. The van der Waals surface area contributed by atoms with Crippen molar-refractivity contribution in [3.8, 4) is 0 Å². The lowest BCUT2D eigenvalue weighted by atomic mass is 10.0. The quantitative estimate of drug-likeness (QED) is 0.429. The largest absolute Gasteiger partial charge is 0.352 e. The van der Waals surface area contributed by atoms with Crippen molar-refractivity contribution in [2.45, 2.75) is 33.6 Å². The van der Waals surface area contributed by atoms with Crippen LogP contribution in [0.2, 0.25) is 0 Å². The van der Waals surface area contributed by atoms with Gasteiger partial charge in [0, 0.05) is 33.1 Å². The fourth-order valence-electron chi connectivity index (χ4n) is 3.22. The normalized spacial score (nSPS) is 13.6. The molecule has 2 amide bonds. The zero-order chi connectivity index (χ0) is 19.9. The fraction of sp³-hybridized carbons (Fsp3) is 0.429. The van der Waals surface area contributed by atoms with E-state index in [9.17, 15) is 9.59 Å². The third-order valence-electron chi connectivity index (χ3n) is 4.96. The van der Waals surface area contributed by atoms with E-state index in [0.29, 0.717) is 0 Å². The number of aromatic nitrogens is 2. The minimum absolute atomic E-state index is 0. The van der Waals surface area contributed by atoms with Crippen LogP contribution in [0, 0.1) is 0 Å². The monoisotopic (exact) mass is 398 g/mol. The van der Waals surface area contributed by atoms with Crippen LogP contribution in [0.5, 0.6) is 0 Å². The zero-order valence-electron chi connectivity index (χ0n) is 16.1. The number of nitrogens with zero attached hydrogens (tertiary/aromatic N) is 4. The first-order valence-corrected chi connectivity index (χ1v) is 9.44. The molecule has 0 unspecified atom stereocenters. The van der Waals surface area contributed by atoms with Crippen molar-refractivity contribution in [2.24, 2.45) is 5.84 Å². The van der Waals surface area contributed by atoms with Gasteiger partial charge in [0.25, 0.3) is 0 Å². The van der Waals surface area contributed by atoms with Crippen LogP contribution >= 0.6 is 0 Å². The number of nitrogens with one attached hydrogen (secondary N) is 1. The molecule has 1 saturated heterocycles. The molecular weight excluding hydrogens is 368 g/mol. The lowest BCUT2D eigenvalue weighted by molar-refractivity contribution is -0.129. The summed E-state index contributed by atoms with van der Waals surface area (Å²) in [4.78, 5) is 35.8. The van der Waals surface area contributed by atoms with Crippen LogP contribution in [0.3, 0.4) is 0 Å². The standard InChI is InChI=1S/C20H26N6O2.CH4/c1-15(27)25-8-10-26(11-9-25)19-14-22-18(13-23-19)7-6-16-2-4-17(5-3-16)12-20(28)24-21;/h2-5,13-14H,6-12,21H2,1H3,(H,24,28);1H4. The van der Waals surface area contributed by atoms with Gasteiger partial charge >= 0.3 is 0 Å². The lowest BCUT2D eigenvalue weighted by Gasteiger charge is -2.34. The van der Waals surface area contributed by atoms with Crippen LogP contribution in [0.1, 0.15) is 31.2 Å². The Labute approximate surface area is 172 Å². The molecule has 1 aliphatic heterocycles. The molecule has 1 fully saturated rings. The summed E-state index contributed by atoms with van der Waals surface area (Å²) < 4.78 is 0. The van der Waals surface area contributed by atoms with Gasteiger partial charge in [-0.2, -0.15) is 0 Å². The number of benzene rings is 1. The summed E-state index contributed by atoms with van der Waals surface area (Å²) >= 11 is 0. The van der Waals surface area contributed by atoms with E-state index in [1.165, 1.54) is 5.56 Å². The Balaban J connectivity index is 0.00000300. The Morgan fingerprint density at radius 3 is 2.21 bits per heavy atom.